The second-order valence-electron chi connectivity index (χ2n) is 6.71. The number of hydrogen-bond donors (Lipinski definition) is 3. The molecule has 1 aliphatic rings. The SMILES string of the molecule is Cc1cc(N[C@@H]2CCCC[C@@H]2NC(=O)OC(C)(C)C)[nH]n1. The third-order valence-corrected chi connectivity index (χ3v) is 3.51. The highest BCUT2D eigenvalue weighted by Gasteiger charge is 2.28. The number of amides is 1. The summed E-state index contributed by atoms with van der Waals surface area (Å²) in [5.74, 6) is 0.899. The van der Waals surface area contributed by atoms with Crippen molar-refractivity contribution in [3.63, 3.8) is 0 Å². The number of rotatable bonds is 3. The van der Waals surface area contributed by atoms with Crippen LogP contribution in [0.1, 0.15) is 52.1 Å². The first-order chi connectivity index (χ1) is 9.83. The zero-order chi connectivity index (χ0) is 15.5. The molecule has 2 atom stereocenters. The molecule has 6 heteroatoms. The van der Waals surface area contributed by atoms with E-state index in [4.69, 9.17) is 4.74 Å². The lowest BCUT2D eigenvalue weighted by molar-refractivity contribution is 0.0488. The van der Waals surface area contributed by atoms with Crippen LogP contribution in [0.4, 0.5) is 10.6 Å². The quantitative estimate of drug-likeness (QED) is 0.800. The van der Waals surface area contributed by atoms with Crippen LogP contribution in [0, 0.1) is 6.92 Å². The van der Waals surface area contributed by atoms with Crippen LogP contribution in [0.5, 0.6) is 0 Å². The van der Waals surface area contributed by atoms with E-state index < -0.39 is 5.60 Å². The van der Waals surface area contributed by atoms with Gasteiger partial charge in [0.15, 0.2) is 0 Å². The zero-order valence-electron chi connectivity index (χ0n) is 13.3. The fraction of sp³-hybridized carbons (Fsp3) is 0.733. The first-order valence-corrected chi connectivity index (χ1v) is 7.61. The smallest absolute Gasteiger partial charge is 0.407 e. The summed E-state index contributed by atoms with van der Waals surface area (Å²) in [6, 6.07) is 2.25. The number of anilines is 1. The molecular formula is C15H26N4O2. The Morgan fingerprint density at radius 1 is 1.33 bits per heavy atom. The van der Waals surface area contributed by atoms with Crippen LogP contribution in [0.3, 0.4) is 0 Å². The maximum absolute atomic E-state index is 11.9. The Bertz CT molecular complexity index is 478. The maximum atomic E-state index is 11.9. The highest BCUT2D eigenvalue weighted by atomic mass is 16.6. The molecule has 1 fully saturated rings. The number of carbonyl (C=O) groups excluding carboxylic acids is 1. The second-order valence-corrected chi connectivity index (χ2v) is 6.71. The van der Waals surface area contributed by atoms with Crippen molar-refractivity contribution < 1.29 is 9.53 Å². The van der Waals surface area contributed by atoms with Gasteiger partial charge in [-0.1, -0.05) is 12.8 Å². The topological polar surface area (TPSA) is 79.0 Å². The predicted molar refractivity (Wildman–Crippen MR) is 82.4 cm³/mol. The van der Waals surface area contributed by atoms with Crippen LogP contribution < -0.4 is 10.6 Å². The molecule has 3 N–H and O–H groups in total. The molecule has 1 amide bonds. The van der Waals surface area contributed by atoms with Crippen LogP contribution >= 0.6 is 0 Å². The molecule has 1 saturated carbocycles. The van der Waals surface area contributed by atoms with E-state index in [-0.39, 0.29) is 18.2 Å². The van der Waals surface area contributed by atoms with Gasteiger partial charge in [-0.15, -0.1) is 0 Å². The minimum Gasteiger partial charge on any atom is -0.444 e. The monoisotopic (exact) mass is 294 g/mol. The van der Waals surface area contributed by atoms with E-state index in [2.05, 4.69) is 20.8 Å². The van der Waals surface area contributed by atoms with E-state index in [0.717, 1.165) is 37.2 Å². The Morgan fingerprint density at radius 3 is 2.57 bits per heavy atom. The van der Waals surface area contributed by atoms with Gasteiger partial charge < -0.3 is 15.4 Å². The van der Waals surface area contributed by atoms with Crippen molar-refractivity contribution in [3.05, 3.63) is 11.8 Å². The molecule has 0 unspecified atom stereocenters. The highest BCUT2D eigenvalue weighted by molar-refractivity contribution is 5.68. The van der Waals surface area contributed by atoms with E-state index in [9.17, 15) is 4.79 Å². The lowest BCUT2D eigenvalue weighted by Crippen LogP contribution is -2.49. The number of H-pyrrole nitrogens is 1. The summed E-state index contributed by atoms with van der Waals surface area (Å²) in [7, 11) is 0. The Kier molecular flexibility index (Phi) is 4.75. The van der Waals surface area contributed by atoms with Crippen LogP contribution in [-0.4, -0.2) is 34.0 Å². The summed E-state index contributed by atoms with van der Waals surface area (Å²) in [5, 5.41) is 13.5. The van der Waals surface area contributed by atoms with Crippen molar-refractivity contribution in [2.24, 2.45) is 0 Å². The summed E-state index contributed by atoms with van der Waals surface area (Å²) in [4.78, 5) is 11.9. The van der Waals surface area contributed by atoms with Gasteiger partial charge in [0, 0.05) is 12.1 Å². The predicted octanol–water partition coefficient (Wildman–Crippen LogP) is 2.97. The van der Waals surface area contributed by atoms with Crippen LogP contribution in [-0.2, 0) is 4.74 Å². The first-order valence-electron chi connectivity index (χ1n) is 7.61. The molecule has 0 spiro atoms. The van der Waals surface area contributed by atoms with Crippen molar-refractivity contribution in [1.82, 2.24) is 15.5 Å². The van der Waals surface area contributed by atoms with Gasteiger partial charge in [-0.05, 0) is 40.5 Å². The van der Waals surface area contributed by atoms with Gasteiger partial charge in [-0.2, -0.15) is 5.10 Å². The highest BCUT2D eigenvalue weighted by Crippen LogP contribution is 2.22. The van der Waals surface area contributed by atoms with E-state index in [1.54, 1.807) is 0 Å². The molecule has 0 saturated heterocycles. The normalized spacial score (nSPS) is 22.7. The first kappa shape index (κ1) is 15.7. The lowest BCUT2D eigenvalue weighted by atomic mass is 9.90. The molecule has 0 aliphatic heterocycles. The molecule has 6 nitrogen and oxygen atoms in total. The van der Waals surface area contributed by atoms with Gasteiger partial charge in [0.05, 0.1) is 11.7 Å². The molecule has 0 aromatic carbocycles. The summed E-state index contributed by atoms with van der Waals surface area (Å²) in [5.41, 5.74) is 0.479. The number of nitrogens with one attached hydrogen (secondary N) is 3. The molecule has 118 valence electrons. The minimum atomic E-state index is -0.470. The molecule has 2 rings (SSSR count). The summed E-state index contributed by atoms with van der Waals surface area (Å²) < 4.78 is 5.35. The third kappa shape index (κ3) is 4.95. The third-order valence-electron chi connectivity index (χ3n) is 3.51. The van der Waals surface area contributed by atoms with Crippen molar-refractivity contribution in [2.75, 3.05) is 5.32 Å². The van der Waals surface area contributed by atoms with Crippen LogP contribution in [0.2, 0.25) is 0 Å². The van der Waals surface area contributed by atoms with Crippen molar-refractivity contribution in [3.8, 4) is 0 Å². The number of carbonyl (C=O) groups is 1. The lowest BCUT2D eigenvalue weighted by Gasteiger charge is -2.33. The van der Waals surface area contributed by atoms with Crippen LogP contribution in [0.15, 0.2) is 6.07 Å². The molecule has 1 heterocycles. The van der Waals surface area contributed by atoms with Crippen molar-refractivity contribution in [2.45, 2.75) is 71.1 Å². The second kappa shape index (κ2) is 6.37. The van der Waals surface area contributed by atoms with E-state index in [0.29, 0.717) is 0 Å². The molecule has 21 heavy (non-hydrogen) atoms. The average Bonchev–Trinajstić information content (AvgIpc) is 2.75. The summed E-state index contributed by atoms with van der Waals surface area (Å²) in [6.45, 7) is 7.56. The number of alkyl carbamates (subject to hydrolysis) is 1. The molecular weight excluding hydrogens is 268 g/mol. The minimum absolute atomic E-state index is 0.0807. The average molecular weight is 294 g/mol. The number of aryl methyl sites for hydroxylation is 1. The number of hydrogen-bond acceptors (Lipinski definition) is 4. The number of aromatic amines is 1. The molecule has 0 radical (unpaired) electrons. The molecule has 1 aliphatic carbocycles. The van der Waals surface area contributed by atoms with E-state index >= 15 is 0 Å². The standard InChI is InChI=1S/C15H26N4O2/c1-10-9-13(19-18-10)16-11-7-5-6-8-12(11)17-14(20)21-15(2,3)4/h9,11-12H,5-8H2,1-4H3,(H,17,20)(H2,16,18,19)/t11-,12+/m1/s1. The van der Waals surface area contributed by atoms with Crippen molar-refractivity contribution in [1.29, 1.82) is 0 Å². The Labute approximate surface area is 126 Å². The van der Waals surface area contributed by atoms with Gasteiger partial charge in [0.1, 0.15) is 11.4 Å². The van der Waals surface area contributed by atoms with Crippen molar-refractivity contribution >= 4 is 11.9 Å². The van der Waals surface area contributed by atoms with Gasteiger partial charge in [0.2, 0.25) is 0 Å². The van der Waals surface area contributed by atoms with E-state index in [1.165, 1.54) is 0 Å². The fourth-order valence-corrected chi connectivity index (χ4v) is 2.63. The maximum Gasteiger partial charge on any atom is 0.407 e. The van der Waals surface area contributed by atoms with Gasteiger partial charge in [-0.25, -0.2) is 4.79 Å². The number of nitrogens with zero attached hydrogens (tertiary/aromatic N) is 1. The van der Waals surface area contributed by atoms with Gasteiger partial charge in [-0.3, -0.25) is 5.10 Å². The summed E-state index contributed by atoms with van der Waals surface area (Å²) in [6.07, 6.45) is 3.93. The molecule has 1 aromatic rings. The fourth-order valence-electron chi connectivity index (χ4n) is 2.63. The largest absolute Gasteiger partial charge is 0.444 e. The molecule has 0 bridgehead atoms. The van der Waals surface area contributed by atoms with Crippen LogP contribution in [0.25, 0.3) is 0 Å². The Balaban J connectivity index is 1.94. The molecule has 1 aromatic heterocycles. The Morgan fingerprint density at radius 2 is 2.00 bits per heavy atom. The van der Waals surface area contributed by atoms with Gasteiger partial charge >= 0.3 is 6.09 Å². The zero-order valence-corrected chi connectivity index (χ0v) is 13.3. The number of ether oxygens (including phenoxy) is 1. The van der Waals surface area contributed by atoms with Gasteiger partial charge in [0.25, 0.3) is 0 Å². The number of aromatic nitrogens is 2. The summed E-state index contributed by atoms with van der Waals surface area (Å²) >= 11 is 0. The Hall–Kier alpha value is -1.72. The van der Waals surface area contributed by atoms with E-state index in [1.807, 2.05) is 33.8 Å².